The molecule has 2 aromatic carbocycles. The van der Waals surface area contributed by atoms with Crippen molar-refractivity contribution in [1.29, 1.82) is 0 Å². The second kappa shape index (κ2) is 7.48. The highest BCUT2D eigenvalue weighted by molar-refractivity contribution is 5.72. The molecule has 0 heterocycles. The van der Waals surface area contributed by atoms with Gasteiger partial charge in [-0.2, -0.15) is 0 Å². The van der Waals surface area contributed by atoms with Crippen molar-refractivity contribution in [3.8, 4) is 0 Å². The van der Waals surface area contributed by atoms with Crippen LogP contribution in [0.25, 0.3) is 0 Å². The molecule has 0 aliphatic carbocycles. The summed E-state index contributed by atoms with van der Waals surface area (Å²) in [7, 11) is 0. The molecule has 0 radical (unpaired) electrons. The highest BCUT2D eigenvalue weighted by Crippen LogP contribution is 2.30. The van der Waals surface area contributed by atoms with Gasteiger partial charge in [0, 0.05) is 5.69 Å². The van der Waals surface area contributed by atoms with E-state index in [2.05, 4.69) is 5.32 Å². The van der Waals surface area contributed by atoms with E-state index in [1.807, 2.05) is 67.6 Å². The summed E-state index contributed by atoms with van der Waals surface area (Å²) in [5.74, 6) is -1.20. The molecule has 3 heteroatoms. The molecule has 0 fully saturated rings. The molecule has 0 aliphatic rings. The summed E-state index contributed by atoms with van der Waals surface area (Å²) in [6.45, 7) is 2.01. The number of carboxylic acids is 1. The minimum Gasteiger partial charge on any atom is -0.481 e. The predicted molar refractivity (Wildman–Crippen MR) is 85.3 cm³/mol. The maximum Gasteiger partial charge on any atom is 0.308 e. The average Bonchev–Trinajstić information content (AvgIpc) is 2.52. The number of para-hydroxylation sites is 1. The molecule has 2 N–H and O–H groups in total. The molecule has 0 bridgehead atoms. The lowest BCUT2D eigenvalue weighted by Gasteiger charge is -2.26. The van der Waals surface area contributed by atoms with Crippen molar-refractivity contribution >= 4 is 11.7 Å². The lowest BCUT2D eigenvalue weighted by atomic mass is 9.89. The summed E-state index contributed by atoms with van der Waals surface area (Å²) in [6, 6.07) is 19.3. The molecule has 0 aliphatic heterocycles. The number of carboxylic acid groups (broad SMARTS) is 1. The Labute approximate surface area is 125 Å². The lowest BCUT2D eigenvalue weighted by molar-refractivity contribution is -0.142. The van der Waals surface area contributed by atoms with E-state index in [0.717, 1.165) is 17.7 Å². The van der Waals surface area contributed by atoms with Gasteiger partial charge in [-0.1, -0.05) is 61.9 Å². The van der Waals surface area contributed by atoms with Crippen molar-refractivity contribution < 1.29 is 9.90 Å². The number of rotatable bonds is 7. The maximum absolute atomic E-state index is 11.7. The summed E-state index contributed by atoms with van der Waals surface area (Å²) in [5, 5.41) is 13.0. The molecule has 21 heavy (non-hydrogen) atoms. The summed E-state index contributed by atoms with van der Waals surface area (Å²) in [5.41, 5.74) is 1.94. The topological polar surface area (TPSA) is 49.3 Å². The number of anilines is 1. The second-order valence-corrected chi connectivity index (χ2v) is 5.13. The first kappa shape index (κ1) is 15.1. The van der Waals surface area contributed by atoms with Crippen LogP contribution in [0.5, 0.6) is 0 Å². The highest BCUT2D eigenvalue weighted by Gasteiger charge is 2.28. The van der Waals surface area contributed by atoms with Crippen LogP contribution in [0.3, 0.4) is 0 Å². The summed E-state index contributed by atoms with van der Waals surface area (Å²) in [4.78, 5) is 11.7. The fourth-order valence-corrected chi connectivity index (χ4v) is 2.53. The second-order valence-electron chi connectivity index (χ2n) is 5.13. The Hall–Kier alpha value is -2.29. The molecule has 2 atom stereocenters. The molecular weight excluding hydrogens is 262 g/mol. The van der Waals surface area contributed by atoms with Gasteiger partial charge >= 0.3 is 5.97 Å². The zero-order valence-electron chi connectivity index (χ0n) is 12.2. The Kier molecular flexibility index (Phi) is 5.38. The van der Waals surface area contributed by atoms with Crippen molar-refractivity contribution in [3.63, 3.8) is 0 Å². The number of hydrogen-bond acceptors (Lipinski definition) is 2. The normalized spacial score (nSPS) is 13.4. The van der Waals surface area contributed by atoms with Crippen LogP contribution in [0, 0.1) is 5.92 Å². The average molecular weight is 283 g/mol. The molecular formula is C18H21NO2. The number of benzene rings is 2. The SMILES string of the molecule is CCC[C@@H](C(=O)O)[C@H](Nc1ccccc1)c1ccccc1. The van der Waals surface area contributed by atoms with Crippen molar-refractivity contribution in [1.82, 2.24) is 0 Å². The Morgan fingerprint density at radius 1 is 1.05 bits per heavy atom. The van der Waals surface area contributed by atoms with Crippen LogP contribution in [-0.2, 0) is 4.79 Å². The van der Waals surface area contributed by atoms with Crippen LogP contribution in [0.4, 0.5) is 5.69 Å². The van der Waals surface area contributed by atoms with Gasteiger partial charge in [0.1, 0.15) is 0 Å². The van der Waals surface area contributed by atoms with Crippen molar-refractivity contribution in [2.45, 2.75) is 25.8 Å². The monoisotopic (exact) mass is 283 g/mol. The van der Waals surface area contributed by atoms with Crippen molar-refractivity contribution in [2.24, 2.45) is 5.92 Å². The third-order valence-corrected chi connectivity index (χ3v) is 3.57. The van der Waals surface area contributed by atoms with Crippen LogP contribution in [0.1, 0.15) is 31.4 Å². The third-order valence-electron chi connectivity index (χ3n) is 3.57. The van der Waals surface area contributed by atoms with Gasteiger partial charge in [0.15, 0.2) is 0 Å². The van der Waals surface area contributed by atoms with Crippen LogP contribution in [0.15, 0.2) is 60.7 Å². The van der Waals surface area contributed by atoms with Gasteiger partial charge in [-0.25, -0.2) is 0 Å². The molecule has 110 valence electrons. The molecule has 0 aromatic heterocycles. The number of aliphatic carboxylic acids is 1. The predicted octanol–water partition coefficient (Wildman–Crippen LogP) is 4.34. The molecule has 0 amide bonds. The van der Waals surface area contributed by atoms with Crippen molar-refractivity contribution in [3.05, 3.63) is 66.2 Å². The quantitative estimate of drug-likeness (QED) is 0.794. The van der Waals surface area contributed by atoms with Crippen LogP contribution < -0.4 is 5.32 Å². The van der Waals surface area contributed by atoms with E-state index in [1.165, 1.54) is 0 Å². The Morgan fingerprint density at radius 3 is 2.14 bits per heavy atom. The zero-order valence-corrected chi connectivity index (χ0v) is 12.2. The van der Waals surface area contributed by atoms with E-state index in [1.54, 1.807) is 0 Å². The van der Waals surface area contributed by atoms with E-state index >= 15 is 0 Å². The van der Waals surface area contributed by atoms with E-state index in [-0.39, 0.29) is 6.04 Å². The van der Waals surface area contributed by atoms with E-state index < -0.39 is 11.9 Å². The molecule has 0 unspecified atom stereocenters. The lowest BCUT2D eigenvalue weighted by Crippen LogP contribution is -2.27. The van der Waals surface area contributed by atoms with Crippen LogP contribution in [0.2, 0.25) is 0 Å². The van der Waals surface area contributed by atoms with Gasteiger partial charge < -0.3 is 10.4 Å². The Balaban J connectivity index is 2.31. The standard InChI is InChI=1S/C18H21NO2/c1-2-9-16(18(20)21)17(14-10-5-3-6-11-14)19-15-12-7-4-8-13-15/h3-8,10-13,16-17,19H,2,9H2,1H3,(H,20,21)/t16-,17-/m1/s1. The van der Waals surface area contributed by atoms with Gasteiger partial charge in [0.05, 0.1) is 12.0 Å². The van der Waals surface area contributed by atoms with E-state index in [9.17, 15) is 9.90 Å². The fraction of sp³-hybridized carbons (Fsp3) is 0.278. The molecule has 0 saturated heterocycles. The van der Waals surface area contributed by atoms with Crippen molar-refractivity contribution in [2.75, 3.05) is 5.32 Å². The fourth-order valence-electron chi connectivity index (χ4n) is 2.53. The van der Waals surface area contributed by atoms with Gasteiger partial charge in [0.25, 0.3) is 0 Å². The minimum atomic E-state index is -0.755. The largest absolute Gasteiger partial charge is 0.481 e. The summed E-state index contributed by atoms with van der Waals surface area (Å²) in [6.07, 6.45) is 1.49. The van der Waals surface area contributed by atoms with E-state index in [0.29, 0.717) is 6.42 Å². The van der Waals surface area contributed by atoms with Gasteiger partial charge in [-0.15, -0.1) is 0 Å². The Morgan fingerprint density at radius 2 is 1.62 bits per heavy atom. The smallest absolute Gasteiger partial charge is 0.308 e. The summed E-state index contributed by atoms with van der Waals surface area (Å²) < 4.78 is 0. The highest BCUT2D eigenvalue weighted by atomic mass is 16.4. The maximum atomic E-state index is 11.7. The molecule has 3 nitrogen and oxygen atoms in total. The Bertz CT molecular complexity index is 554. The van der Waals surface area contributed by atoms with Gasteiger partial charge in [-0.05, 0) is 24.1 Å². The zero-order chi connectivity index (χ0) is 15.1. The van der Waals surface area contributed by atoms with Crippen LogP contribution in [-0.4, -0.2) is 11.1 Å². The number of nitrogens with one attached hydrogen (secondary N) is 1. The molecule has 0 saturated carbocycles. The first-order valence-corrected chi connectivity index (χ1v) is 7.31. The minimum absolute atomic E-state index is 0.231. The van der Waals surface area contributed by atoms with E-state index in [4.69, 9.17) is 0 Å². The molecule has 2 rings (SSSR count). The number of hydrogen-bond donors (Lipinski definition) is 2. The molecule has 2 aromatic rings. The third kappa shape index (κ3) is 4.09. The number of carbonyl (C=O) groups is 1. The summed E-state index contributed by atoms with van der Waals surface area (Å²) >= 11 is 0. The first-order valence-electron chi connectivity index (χ1n) is 7.31. The van der Waals surface area contributed by atoms with Gasteiger partial charge in [0.2, 0.25) is 0 Å². The molecule has 0 spiro atoms. The van der Waals surface area contributed by atoms with Gasteiger partial charge in [-0.3, -0.25) is 4.79 Å². The van der Waals surface area contributed by atoms with Crippen LogP contribution >= 0.6 is 0 Å². The first-order chi connectivity index (χ1) is 10.2.